The number of nitrogens with one attached hydrogen (secondary N) is 2. The SMILES string of the molecule is NS(=O)(=O)c1ccc(CCNC(=O)C[NH+]2CCc3ccccc3C2)cc1. The van der Waals surface area contributed by atoms with Gasteiger partial charge in [-0.1, -0.05) is 36.4 Å². The lowest BCUT2D eigenvalue weighted by Gasteiger charge is -2.25. The van der Waals surface area contributed by atoms with Crippen LogP contribution in [-0.2, 0) is 34.2 Å². The van der Waals surface area contributed by atoms with Gasteiger partial charge in [-0.05, 0) is 29.7 Å². The summed E-state index contributed by atoms with van der Waals surface area (Å²) in [7, 11) is -3.66. The molecule has 1 aliphatic heterocycles. The molecule has 1 unspecified atom stereocenters. The number of hydrogen-bond acceptors (Lipinski definition) is 3. The molecule has 1 aliphatic rings. The number of quaternary nitrogens is 1. The van der Waals surface area contributed by atoms with Crippen molar-refractivity contribution in [1.29, 1.82) is 0 Å². The van der Waals surface area contributed by atoms with E-state index in [0.717, 1.165) is 25.1 Å². The van der Waals surface area contributed by atoms with E-state index in [1.165, 1.54) is 28.2 Å². The fourth-order valence-corrected chi connectivity index (χ4v) is 3.79. The Labute approximate surface area is 154 Å². The van der Waals surface area contributed by atoms with Gasteiger partial charge in [0.2, 0.25) is 10.0 Å². The van der Waals surface area contributed by atoms with Crippen LogP contribution in [0.2, 0.25) is 0 Å². The quantitative estimate of drug-likeness (QED) is 0.644. The van der Waals surface area contributed by atoms with Crippen molar-refractivity contribution in [3.8, 4) is 0 Å². The first-order valence-corrected chi connectivity index (χ1v) is 10.3. The molecule has 0 aliphatic carbocycles. The molecule has 0 radical (unpaired) electrons. The summed E-state index contributed by atoms with van der Waals surface area (Å²) in [6.45, 7) is 2.86. The standard InChI is InChI=1S/C19H23N3O3S/c20-26(24,25)18-7-5-15(6-8-18)9-11-21-19(23)14-22-12-10-16-3-1-2-4-17(16)13-22/h1-8H,9-14H2,(H,21,23)(H2,20,24,25)/p+1. The molecule has 2 aromatic rings. The fraction of sp³-hybridized carbons (Fsp3) is 0.316. The number of benzene rings is 2. The van der Waals surface area contributed by atoms with Crippen LogP contribution in [0.15, 0.2) is 53.4 Å². The number of hydrogen-bond donors (Lipinski definition) is 3. The van der Waals surface area contributed by atoms with Crippen LogP contribution >= 0.6 is 0 Å². The summed E-state index contributed by atoms with van der Waals surface area (Å²) in [6.07, 6.45) is 1.66. The summed E-state index contributed by atoms with van der Waals surface area (Å²) < 4.78 is 22.5. The molecule has 0 saturated carbocycles. The molecular weight excluding hydrogens is 350 g/mol. The molecule has 7 heteroatoms. The lowest BCUT2D eigenvalue weighted by atomic mass is 10.00. The molecular formula is C19H24N3O3S+. The first kappa shape index (κ1) is 18.6. The van der Waals surface area contributed by atoms with Gasteiger partial charge < -0.3 is 10.2 Å². The van der Waals surface area contributed by atoms with Gasteiger partial charge >= 0.3 is 0 Å². The lowest BCUT2D eigenvalue weighted by molar-refractivity contribution is -0.908. The van der Waals surface area contributed by atoms with Crippen molar-refractivity contribution in [2.75, 3.05) is 19.6 Å². The molecule has 0 aromatic heterocycles. The van der Waals surface area contributed by atoms with Gasteiger partial charge in [-0.3, -0.25) is 4.79 Å². The number of fused-ring (bicyclic) bond motifs is 1. The maximum Gasteiger partial charge on any atom is 0.275 e. The number of nitrogens with two attached hydrogens (primary N) is 1. The molecule has 6 nitrogen and oxygen atoms in total. The van der Waals surface area contributed by atoms with Crippen molar-refractivity contribution >= 4 is 15.9 Å². The van der Waals surface area contributed by atoms with Crippen molar-refractivity contribution in [3.05, 3.63) is 65.2 Å². The molecule has 26 heavy (non-hydrogen) atoms. The van der Waals surface area contributed by atoms with E-state index in [0.29, 0.717) is 19.5 Å². The largest absolute Gasteiger partial charge is 0.351 e. The summed E-state index contributed by atoms with van der Waals surface area (Å²) in [5.41, 5.74) is 3.67. The van der Waals surface area contributed by atoms with Gasteiger partial charge in [-0.25, -0.2) is 13.6 Å². The Morgan fingerprint density at radius 1 is 1.08 bits per heavy atom. The van der Waals surface area contributed by atoms with Crippen molar-refractivity contribution in [3.63, 3.8) is 0 Å². The van der Waals surface area contributed by atoms with Crippen LogP contribution in [0.3, 0.4) is 0 Å². The average Bonchev–Trinajstić information content (AvgIpc) is 2.61. The van der Waals surface area contributed by atoms with E-state index in [4.69, 9.17) is 5.14 Å². The minimum atomic E-state index is -3.66. The molecule has 2 aromatic carbocycles. The topological polar surface area (TPSA) is 93.7 Å². The van der Waals surface area contributed by atoms with Crippen molar-refractivity contribution in [2.24, 2.45) is 5.14 Å². The van der Waals surface area contributed by atoms with E-state index in [-0.39, 0.29) is 10.8 Å². The number of carbonyl (C=O) groups excluding carboxylic acids is 1. The Hall–Kier alpha value is -2.22. The van der Waals surface area contributed by atoms with Crippen LogP contribution in [0.25, 0.3) is 0 Å². The Morgan fingerprint density at radius 3 is 2.46 bits per heavy atom. The number of rotatable bonds is 6. The highest BCUT2D eigenvalue weighted by Crippen LogP contribution is 2.10. The molecule has 1 amide bonds. The van der Waals surface area contributed by atoms with E-state index in [9.17, 15) is 13.2 Å². The van der Waals surface area contributed by atoms with Gasteiger partial charge in [-0.15, -0.1) is 0 Å². The second kappa shape index (κ2) is 7.99. The van der Waals surface area contributed by atoms with Crippen molar-refractivity contribution < 1.29 is 18.1 Å². The highest BCUT2D eigenvalue weighted by atomic mass is 32.2. The van der Waals surface area contributed by atoms with Gasteiger partial charge in [0.15, 0.2) is 6.54 Å². The summed E-state index contributed by atoms with van der Waals surface area (Å²) in [5, 5.41) is 8.02. The van der Waals surface area contributed by atoms with E-state index < -0.39 is 10.0 Å². The molecule has 0 spiro atoms. The van der Waals surface area contributed by atoms with Gasteiger partial charge in [0.25, 0.3) is 5.91 Å². The minimum Gasteiger partial charge on any atom is -0.351 e. The summed E-state index contributed by atoms with van der Waals surface area (Å²) in [6, 6.07) is 14.8. The lowest BCUT2D eigenvalue weighted by Crippen LogP contribution is -3.12. The zero-order chi connectivity index (χ0) is 18.6. The minimum absolute atomic E-state index is 0.0422. The number of amides is 1. The second-order valence-electron chi connectivity index (χ2n) is 6.66. The molecule has 1 atom stereocenters. The van der Waals surface area contributed by atoms with Crippen LogP contribution in [0.4, 0.5) is 0 Å². The normalized spacial score (nSPS) is 16.7. The average molecular weight is 374 g/mol. The molecule has 138 valence electrons. The molecule has 3 rings (SSSR count). The number of sulfonamides is 1. The Balaban J connectivity index is 1.43. The van der Waals surface area contributed by atoms with Crippen LogP contribution < -0.4 is 15.4 Å². The summed E-state index contributed by atoms with van der Waals surface area (Å²) in [5.74, 6) is 0.0422. The predicted molar refractivity (Wildman–Crippen MR) is 99.1 cm³/mol. The molecule has 0 fully saturated rings. The maximum atomic E-state index is 12.2. The molecule has 4 N–H and O–H groups in total. The smallest absolute Gasteiger partial charge is 0.275 e. The van der Waals surface area contributed by atoms with Crippen LogP contribution in [0.5, 0.6) is 0 Å². The number of carbonyl (C=O) groups is 1. The summed E-state index contributed by atoms with van der Waals surface area (Å²) >= 11 is 0. The Bertz CT molecular complexity index is 879. The van der Waals surface area contributed by atoms with Crippen molar-refractivity contribution in [2.45, 2.75) is 24.3 Å². The third-order valence-electron chi connectivity index (χ3n) is 4.71. The molecule has 1 heterocycles. The van der Waals surface area contributed by atoms with E-state index in [1.54, 1.807) is 12.1 Å². The third kappa shape index (κ3) is 4.91. The van der Waals surface area contributed by atoms with Gasteiger partial charge in [0.1, 0.15) is 6.54 Å². The zero-order valence-electron chi connectivity index (χ0n) is 14.6. The van der Waals surface area contributed by atoms with E-state index >= 15 is 0 Å². The van der Waals surface area contributed by atoms with Crippen molar-refractivity contribution in [1.82, 2.24) is 5.32 Å². The number of primary sulfonamides is 1. The Morgan fingerprint density at radius 2 is 1.77 bits per heavy atom. The van der Waals surface area contributed by atoms with Crippen LogP contribution in [0.1, 0.15) is 16.7 Å². The van der Waals surface area contributed by atoms with E-state index in [1.807, 2.05) is 6.07 Å². The second-order valence-corrected chi connectivity index (χ2v) is 8.22. The highest BCUT2D eigenvalue weighted by molar-refractivity contribution is 7.89. The predicted octanol–water partition coefficient (Wildman–Crippen LogP) is -0.366. The van der Waals surface area contributed by atoms with Crippen LogP contribution in [-0.4, -0.2) is 34.0 Å². The monoisotopic (exact) mass is 374 g/mol. The highest BCUT2D eigenvalue weighted by Gasteiger charge is 2.21. The maximum absolute atomic E-state index is 12.2. The molecule has 0 saturated heterocycles. The first-order chi connectivity index (χ1) is 12.4. The first-order valence-electron chi connectivity index (χ1n) is 8.70. The van der Waals surface area contributed by atoms with Crippen LogP contribution in [0, 0.1) is 0 Å². The van der Waals surface area contributed by atoms with Gasteiger partial charge in [-0.2, -0.15) is 0 Å². The zero-order valence-corrected chi connectivity index (χ0v) is 15.4. The van der Waals surface area contributed by atoms with Gasteiger partial charge in [0, 0.05) is 18.5 Å². The Kier molecular flexibility index (Phi) is 5.70. The summed E-state index contributed by atoms with van der Waals surface area (Å²) in [4.78, 5) is 13.5. The molecule has 0 bridgehead atoms. The fourth-order valence-electron chi connectivity index (χ4n) is 3.28. The third-order valence-corrected chi connectivity index (χ3v) is 5.63. The van der Waals surface area contributed by atoms with E-state index in [2.05, 4.69) is 23.5 Å². The van der Waals surface area contributed by atoms with Gasteiger partial charge in [0.05, 0.1) is 11.4 Å².